The van der Waals surface area contributed by atoms with Crippen molar-refractivity contribution in [3.05, 3.63) is 64.2 Å². The molecule has 1 N–H and O–H groups in total. The number of anilines is 1. The van der Waals surface area contributed by atoms with Crippen LogP contribution >= 0.6 is 0 Å². The Bertz CT molecular complexity index is 979. The maximum atomic E-state index is 12.6. The Kier molecular flexibility index (Phi) is 8.07. The molecule has 0 aromatic heterocycles. The molecule has 2 aromatic rings. The van der Waals surface area contributed by atoms with Crippen LogP contribution in [0.15, 0.2) is 36.4 Å². The summed E-state index contributed by atoms with van der Waals surface area (Å²) in [5.41, 5.74) is 6.16. The van der Waals surface area contributed by atoms with E-state index < -0.39 is 10.0 Å². The van der Waals surface area contributed by atoms with E-state index in [0.29, 0.717) is 12.1 Å². The van der Waals surface area contributed by atoms with E-state index in [9.17, 15) is 13.2 Å². The van der Waals surface area contributed by atoms with Crippen LogP contribution in [-0.4, -0.2) is 27.1 Å². The fourth-order valence-electron chi connectivity index (χ4n) is 3.85. The third-order valence-corrected chi connectivity index (χ3v) is 6.40. The highest BCUT2D eigenvalue weighted by Gasteiger charge is 2.19. The van der Waals surface area contributed by atoms with Crippen LogP contribution in [-0.2, 0) is 14.8 Å². The monoisotopic (exact) mass is 430 g/mol. The topological polar surface area (TPSA) is 66.5 Å². The minimum absolute atomic E-state index is 0.0384. The Balaban J connectivity index is 2.03. The van der Waals surface area contributed by atoms with Crippen molar-refractivity contribution in [1.29, 1.82) is 0 Å². The zero-order valence-electron chi connectivity index (χ0n) is 19.0. The number of carbonyl (C=O) groups excluding carboxylic acids is 1. The highest BCUT2D eigenvalue weighted by molar-refractivity contribution is 7.92. The summed E-state index contributed by atoms with van der Waals surface area (Å²) < 4.78 is 26.0. The molecule has 0 saturated heterocycles. The first-order chi connectivity index (χ1) is 14.0. The molecule has 0 heterocycles. The van der Waals surface area contributed by atoms with Gasteiger partial charge in [-0.2, -0.15) is 0 Å². The number of aryl methyl sites for hydroxylation is 4. The minimum atomic E-state index is -3.43. The molecule has 164 valence electrons. The van der Waals surface area contributed by atoms with Gasteiger partial charge in [-0.05, 0) is 74.9 Å². The fraction of sp³-hybridized carbons (Fsp3) is 0.458. The van der Waals surface area contributed by atoms with Crippen molar-refractivity contribution in [3.8, 4) is 0 Å². The summed E-state index contributed by atoms with van der Waals surface area (Å²) in [6, 6.07) is 12.0. The molecule has 0 aliphatic rings. The number of sulfonamides is 1. The summed E-state index contributed by atoms with van der Waals surface area (Å²) in [4.78, 5) is 12.6. The van der Waals surface area contributed by atoms with Crippen molar-refractivity contribution < 1.29 is 13.2 Å². The normalized spacial score (nSPS) is 12.5. The molecular weight excluding hydrogens is 396 g/mol. The molecule has 0 unspecified atom stereocenters. The van der Waals surface area contributed by atoms with Crippen LogP contribution in [0.2, 0.25) is 0 Å². The fourth-order valence-corrected chi connectivity index (χ4v) is 4.80. The van der Waals surface area contributed by atoms with Gasteiger partial charge in [0.25, 0.3) is 0 Å². The van der Waals surface area contributed by atoms with Gasteiger partial charge in [-0.3, -0.25) is 9.10 Å². The molecule has 0 fully saturated rings. The Hall–Kier alpha value is -2.34. The average molecular weight is 431 g/mol. The van der Waals surface area contributed by atoms with Crippen LogP contribution < -0.4 is 9.62 Å². The second-order valence-corrected chi connectivity index (χ2v) is 10.1. The van der Waals surface area contributed by atoms with E-state index in [-0.39, 0.29) is 24.9 Å². The first-order valence-electron chi connectivity index (χ1n) is 10.4. The quantitative estimate of drug-likeness (QED) is 0.625. The molecule has 0 spiro atoms. The number of nitrogens with zero attached hydrogens (tertiary/aromatic N) is 1. The SMILES string of the molecule is CC[C@H](NC(=O)CCCN(c1cc(C)cc(C)c1)S(C)(=O)=O)c1ccc(C)cc1C. The van der Waals surface area contributed by atoms with Crippen molar-refractivity contribution in [2.24, 2.45) is 0 Å². The lowest BCUT2D eigenvalue weighted by Gasteiger charge is -2.24. The van der Waals surface area contributed by atoms with Gasteiger partial charge in [0.2, 0.25) is 15.9 Å². The van der Waals surface area contributed by atoms with E-state index in [1.54, 1.807) is 0 Å². The van der Waals surface area contributed by atoms with Crippen molar-refractivity contribution in [2.45, 2.75) is 59.9 Å². The second kappa shape index (κ2) is 10.1. The molecule has 1 amide bonds. The predicted octanol–water partition coefficient (Wildman–Crippen LogP) is 4.73. The van der Waals surface area contributed by atoms with E-state index in [2.05, 4.69) is 44.3 Å². The molecule has 2 rings (SSSR count). The van der Waals surface area contributed by atoms with Gasteiger partial charge in [-0.15, -0.1) is 0 Å². The number of hydrogen-bond acceptors (Lipinski definition) is 3. The van der Waals surface area contributed by atoms with Crippen molar-refractivity contribution in [3.63, 3.8) is 0 Å². The molecule has 1 atom stereocenters. The standard InChI is InChI=1S/C24H34N2O3S/c1-7-23(22-11-10-17(2)14-20(22)5)25-24(27)9-8-12-26(30(6,28)29)21-15-18(3)13-19(4)16-21/h10-11,13-16,23H,7-9,12H2,1-6H3,(H,25,27)/t23-/m0/s1. The first kappa shape index (κ1) is 23.9. The van der Waals surface area contributed by atoms with E-state index >= 15 is 0 Å². The summed E-state index contributed by atoms with van der Waals surface area (Å²) in [6.07, 6.45) is 2.74. The summed E-state index contributed by atoms with van der Waals surface area (Å²) in [6.45, 7) is 10.3. The average Bonchev–Trinajstić information content (AvgIpc) is 2.62. The maximum Gasteiger partial charge on any atom is 0.232 e. The molecule has 5 nitrogen and oxygen atoms in total. The number of hydrogen-bond donors (Lipinski definition) is 1. The minimum Gasteiger partial charge on any atom is -0.349 e. The third-order valence-electron chi connectivity index (χ3n) is 5.20. The Morgan fingerprint density at radius 1 is 1.00 bits per heavy atom. The highest BCUT2D eigenvalue weighted by atomic mass is 32.2. The zero-order chi connectivity index (χ0) is 22.5. The van der Waals surface area contributed by atoms with Crippen LogP contribution in [0.3, 0.4) is 0 Å². The Morgan fingerprint density at radius 3 is 2.17 bits per heavy atom. The van der Waals surface area contributed by atoms with E-state index in [4.69, 9.17) is 0 Å². The predicted molar refractivity (Wildman–Crippen MR) is 124 cm³/mol. The van der Waals surface area contributed by atoms with E-state index in [1.807, 2.05) is 32.0 Å². The second-order valence-electron chi connectivity index (χ2n) is 8.17. The summed E-state index contributed by atoms with van der Waals surface area (Å²) in [5.74, 6) is -0.0595. The van der Waals surface area contributed by atoms with Crippen LogP contribution in [0.1, 0.15) is 60.0 Å². The Labute approximate surface area is 181 Å². The van der Waals surface area contributed by atoms with Gasteiger partial charge in [0.15, 0.2) is 0 Å². The summed E-state index contributed by atoms with van der Waals surface area (Å²) in [7, 11) is -3.43. The van der Waals surface area contributed by atoms with Crippen LogP contribution in [0.5, 0.6) is 0 Å². The van der Waals surface area contributed by atoms with Crippen molar-refractivity contribution >= 4 is 21.6 Å². The highest BCUT2D eigenvalue weighted by Crippen LogP contribution is 2.23. The van der Waals surface area contributed by atoms with Gasteiger partial charge in [0, 0.05) is 13.0 Å². The molecule has 0 bridgehead atoms. The molecule has 2 aromatic carbocycles. The smallest absolute Gasteiger partial charge is 0.232 e. The third kappa shape index (κ3) is 6.59. The van der Waals surface area contributed by atoms with Crippen LogP contribution in [0.4, 0.5) is 5.69 Å². The molecular formula is C24H34N2O3S. The molecule has 0 aliphatic carbocycles. The van der Waals surface area contributed by atoms with E-state index in [1.165, 1.54) is 21.7 Å². The van der Waals surface area contributed by atoms with Gasteiger partial charge >= 0.3 is 0 Å². The number of rotatable bonds is 9. The van der Waals surface area contributed by atoms with Gasteiger partial charge in [-0.1, -0.05) is 36.8 Å². The summed E-state index contributed by atoms with van der Waals surface area (Å²) >= 11 is 0. The van der Waals surface area contributed by atoms with Gasteiger partial charge in [0.05, 0.1) is 18.0 Å². The zero-order valence-corrected chi connectivity index (χ0v) is 19.8. The van der Waals surface area contributed by atoms with Crippen molar-refractivity contribution in [2.75, 3.05) is 17.1 Å². The molecule has 6 heteroatoms. The lowest BCUT2D eigenvalue weighted by molar-refractivity contribution is -0.121. The largest absolute Gasteiger partial charge is 0.349 e. The van der Waals surface area contributed by atoms with Crippen LogP contribution in [0, 0.1) is 27.7 Å². The molecule has 0 saturated carbocycles. The van der Waals surface area contributed by atoms with E-state index in [0.717, 1.165) is 23.1 Å². The van der Waals surface area contributed by atoms with Gasteiger partial charge in [-0.25, -0.2) is 8.42 Å². The summed E-state index contributed by atoms with van der Waals surface area (Å²) in [5, 5.41) is 3.11. The molecule has 0 aliphatic heterocycles. The lowest BCUT2D eigenvalue weighted by atomic mass is 9.97. The Morgan fingerprint density at radius 2 is 1.63 bits per heavy atom. The van der Waals surface area contributed by atoms with Crippen LogP contribution in [0.25, 0.3) is 0 Å². The maximum absolute atomic E-state index is 12.6. The van der Waals surface area contributed by atoms with Gasteiger partial charge in [0.1, 0.15) is 0 Å². The molecule has 0 radical (unpaired) electrons. The first-order valence-corrected chi connectivity index (χ1v) is 12.3. The molecule has 30 heavy (non-hydrogen) atoms. The lowest BCUT2D eigenvalue weighted by Crippen LogP contribution is -2.33. The number of nitrogens with one attached hydrogen (secondary N) is 1. The van der Waals surface area contributed by atoms with Crippen molar-refractivity contribution in [1.82, 2.24) is 5.32 Å². The van der Waals surface area contributed by atoms with Gasteiger partial charge < -0.3 is 5.32 Å². The number of amides is 1. The number of carbonyl (C=O) groups is 1. The number of benzene rings is 2.